The van der Waals surface area contributed by atoms with Crippen LogP contribution in [0, 0.1) is 5.41 Å². The highest BCUT2D eigenvalue weighted by atomic mass is 15.5. The maximum Gasteiger partial charge on any atom is 0.187 e. The second-order valence-electron chi connectivity index (χ2n) is 2.66. The smallest absolute Gasteiger partial charge is 0.187 e. The number of nitrogens with one attached hydrogen (secondary N) is 1. The molecule has 2 aromatic heterocycles. The van der Waals surface area contributed by atoms with E-state index in [1.807, 2.05) is 0 Å². The first-order valence-corrected chi connectivity index (χ1v) is 3.71. The Labute approximate surface area is 73.9 Å². The number of pyridine rings is 1. The van der Waals surface area contributed by atoms with Crippen molar-refractivity contribution in [3.05, 3.63) is 12.3 Å². The summed E-state index contributed by atoms with van der Waals surface area (Å²) in [6.45, 7) is 1.61. The van der Waals surface area contributed by atoms with Crippen molar-refractivity contribution >= 4 is 22.7 Å². The molecule has 0 fully saturated rings. The minimum Gasteiger partial charge on any atom is -0.397 e. The summed E-state index contributed by atoms with van der Waals surface area (Å²) in [6, 6.07) is 1.65. The molecule has 66 valence electrons. The van der Waals surface area contributed by atoms with E-state index in [1.165, 1.54) is 4.68 Å². The van der Waals surface area contributed by atoms with Crippen LogP contribution in [-0.4, -0.2) is 25.8 Å². The summed E-state index contributed by atoms with van der Waals surface area (Å²) >= 11 is 0. The van der Waals surface area contributed by atoms with E-state index in [9.17, 15) is 0 Å². The van der Waals surface area contributed by atoms with E-state index in [2.05, 4.69) is 15.3 Å². The monoisotopic (exact) mass is 176 g/mol. The first-order chi connectivity index (χ1) is 6.20. The number of nitrogens with zero attached hydrogens (tertiary/aromatic N) is 4. The maximum atomic E-state index is 7.38. The van der Waals surface area contributed by atoms with Crippen LogP contribution in [0.25, 0.3) is 11.2 Å². The summed E-state index contributed by atoms with van der Waals surface area (Å²) in [7, 11) is 0. The standard InChI is InChI=1S/C7H8N6/c1-4(8)13-7-6(11-12-13)5(9)2-3-10-7/h2-3,8H,1H3,(H2,9,10). The maximum absolute atomic E-state index is 7.38. The van der Waals surface area contributed by atoms with Gasteiger partial charge >= 0.3 is 0 Å². The summed E-state index contributed by atoms with van der Waals surface area (Å²) < 4.78 is 1.34. The van der Waals surface area contributed by atoms with Crippen molar-refractivity contribution in [3.63, 3.8) is 0 Å². The third-order valence-electron chi connectivity index (χ3n) is 1.69. The molecule has 0 aliphatic rings. The fourth-order valence-electron chi connectivity index (χ4n) is 1.07. The molecule has 3 N–H and O–H groups in total. The highest BCUT2D eigenvalue weighted by Gasteiger charge is 2.08. The second kappa shape index (κ2) is 2.51. The molecule has 0 spiro atoms. The molecule has 13 heavy (non-hydrogen) atoms. The van der Waals surface area contributed by atoms with Crippen molar-refractivity contribution in [2.24, 2.45) is 0 Å². The molecule has 2 aromatic rings. The van der Waals surface area contributed by atoms with Gasteiger partial charge in [-0.25, -0.2) is 4.98 Å². The van der Waals surface area contributed by atoms with E-state index in [1.54, 1.807) is 19.2 Å². The Morgan fingerprint density at radius 1 is 1.62 bits per heavy atom. The molecule has 0 atom stereocenters. The molecule has 0 amide bonds. The van der Waals surface area contributed by atoms with Gasteiger partial charge in [-0.15, -0.1) is 5.10 Å². The van der Waals surface area contributed by atoms with Crippen molar-refractivity contribution in [1.29, 1.82) is 5.41 Å². The van der Waals surface area contributed by atoms with Gasteiger partial charge in [0.05, 0.1) is 5.69 Å². The van der Waals surface area contributed by atoms with Gasteiger partial charge in [0.25, 0.3) is 0 Å². The molecule has 6 nitrogen and oxygen atoms in total. The summed E-state index contributed by atoms with van der Waals surface area (Å²) in [4.78, 5) is 4.04. The minimum absolute atomic E-state index is 0.264. The predicted molar refractivity (Wildman–Crippen MR) is 48.5 cm³/mol. The van der Waals surface area contributed by atoms with Crippen molar-refractivity contribution in [1.82, 2.24) is 20.0 Å². The highest BCUT2D eigenvalue weighted by molar-refractivity contribution is 5.91. The zero-order chi connectivity index (χ0) is 9.42. The molecular formula is C7H8N6. The van der Waals surface area contributed by atoms with Crippen molar-refractivity contribution in [3.8, 4) is 0 Å². The molecule has 0 radical (unpaired) electrons. The lowest BCUT2D eigenvalue weighted by Gasteiger charge is -1.96. The average Bonchev–Trinajstić information content (AvgIpc) is 2.48. The summed E-state index contributed by atoms with van der Waals surface area (Å²) in [6.07, 6.45) is 1.57. The number of hydrogen-bond acceptors (Lipinski definition) is 5. The van der Waals surface area contributed by atoms with Gasteiger partial charge in [0.2, 0.25) is 0 Å². The molecule has 2 rings (SSSR count). The molecule has 0 aliphatic carbocycles. The van der Waals surface area contributed by atoms with Gasteiger partial charge in [-0.3, -0.25) is 5.41 Å². The molecule has 0 saturated heterocycles. The number of nitrogen functional groups attached to an aromatic ring is 1. The third-order valence-corrected chi connectivity index (χ3v) is 1.69. The molecule has 6 heteroatoms. The van der Waals surface area contributed by atoms with Crippen LogP contribution in [0.15, 0.2) is 12.3 Å². The molecule has 2 heterocycles. The van der Waals surface area contributed by atoms with Crippen LogP contribution in [0.3, 0.4) is 0 Å². The molecule has 0 aromatic carbocycles. The van der Waals surface area contributed by atoms with Crippen molar-refractivity contribution in [2.75, 3.05) is 5.73 Å². The van der Waals surface area contributed by atoms with Crippen LogP contribution in [0.4, 0.5) is 5.69 Å². The van der Waals surface area contributed by atoms with E-state index in [0.717, 1.165) is 0 Å². The van der Waals surface area contributed by atoms with Crippen LogP contribution < -0.4 is 5.73 Å². The lowest BCUT2D eigenvalue weighted by molar-refractivity contribution is 0.846. The normalized spacial score (nSPS) is 10.5. The number of nitrogens with two attached hydrogens (primary N) is 1. The summed E-state index contributed by atoms with van der Waals surface area (Å²) in [5.41, 5.74) is 7.23. The van der Waals surface area contributed by atoms with Crippen LogP contribution in [-0.2, 0) is 0 Å². The van der Waals surface area contributed by atoms with Crippen molar-refractivity contribution < 1.29 is 0 Å². The molecule has 0 unspecified atom stereocenters. The average molecular weight is 176 g/mol. The van der Waals surface area contributed by atoms with Gasteiger partial charge in [-0.1, -0.05) is 5.21 Å². The number of hydrogen-bond donors (Lipinski definition) is 2. The van der Waals surface area contributed by atoms with Gasteiger partial charge in [-0.05, 0) is 13.0 Å². The highest BCUT2D eigenvalue weighted by Crippen LogP contribution is 2.14. The Morgan fingerprint density at radius 3 is 3.08 bits per heavy atom. The largest absolute Gasteiger partial charge is 0.397 e. The Morgan fingerprint density at radius 2 is 2.38 bits per heavy atom. The fourth-order valence-corrected chi connectivity index (χ4v) is 1.07. The quantitative estimate of drug-likeness (QED) is 0.444. The fraction of sp³-hybridized carbons (Fsp3) is 0.143. The summed E-state index contributed by atoms with van der Waals surface area (Å²) in [5.74, 6) is 0.264. The molecule has 0 bridgehead atoms. The van der Waals surface area contributed by atoms with E-state index < -0.39 is 0 Å². The lowest BCUT2D eigenvalue weighted by atomic mass is 10.4. The van der Waals surface area contributed by atoms with Gasteiger partial charge in [0.15, 0.2) is 11.2 Å². The number of fused-ring (bicyclic) bond motifs is 1. The lowest BCUT2D eigenvalue weighted by Crippen LogP contribution is -2.08. The second-order valence-corrected chi connectivity index (χ2v) is 2.66. The molecule has 0 saturated carbocycles. The molecule has 0 aliphatic heterocycles. The topological polar surface area (TPSA) is 93.5 Å². The van der Waals surface area contributed by atoms with E-state index in [-0.39, 0.29) is 5.84 Å². The van der Waals surface area contributed by atoms with Gasteiger partial charge < -0.3 is 5.73 Å². The van der Waals surface area contributed by atoms with Crippen LogP contribution in [0.5, 0.6) is 0 Å². The third kappa shape index (κ3) is 1.03. The van der Waals surface area contributed by atoms with Crippen molar-refractivity contribution in [2.45, 2.75) is 6.92 Å². The number of aromatic nitrogens is 4. The van der Waals surface area contributed by atoms with E-state index in [4.69, 9.17) is 11.1 Å². The van der Waals surface area contributed by atoms with Gasteiger partial charge in [-0.2, -0.15) is 4.68 Å². The van der Waals surface area contributed by atoms with Crippen LogP contribution in [0.1, 0.15) is 6.92 Å². The Bertz CT molecular complexity index is 471. The van der Waals surface area contributed by atoms with Gasteiger partial charge in [0.1, 0.15) is 5.84 Å². The minimum atomic E-state index is 0.264. The first kappa shape index (κ1) is 7.66. The molecular weight excluding hydrogens is 168 g/mol. The Hall–Kier alpha value is -1.98. The predicted octanol–water partition coefficient (Wildman–Crippen LogP) is 0.254. The summed E-state index contributed by atoms with van der Waals surface area (Å²) in [5, 5.41) is 15.0. The zero-order valence-electron chi connectivity index (χ0n) is 7.02. The van der Waals surface area contributed by atoms with E-state index in [0.29, 0.717) is 16.9 Å². The Kier molecular flexibility index (Phi) is 1.48. The van der Waals surface area contributed by atoms with Gasteiger partial charge in [0, 0.05) is 6.20 Å². The van der Waals surface area contributed by atoms with Crippen LogP contribution in [0.2, 0.25) is 0 Å². The number of rotatable bonds is 0. The Balaban J connectivity index is 2.83. The SMILES string of the molecule is CC(=N)n1nnc2c(N)ccnc21. The van der Waals surface area contributed by atoms with E-state index >= 15 is 0 Å². The number of anilines is 1. The zero-order valence-corrected chi connectivity index (χ0v) is 7.02. The first-order valence-electron chi connectivity index (χ1n) is 3.71. The van der Waals surface area contributed by atoms with Crippen LogP contribution >= 0.6 is 0 Å².